The molecule has 1 aromatic carbocycles. The molecule has 0 bridgehead atoms. The van der Waals surface area contributed by atoms with Gasteiger partial charge in [-0.1, -0.05) is 6.42 Å². The third-order valence-corrected chi connectivity index (χ3v) is 4.08. The summed E-state index contributed by atoms with van der Waals surface area (Å²) < 4.78 is 5.22. The molecule has 0 saturated heterocycles. The number of methoxy groups -OCH3 is 1. The average Bonchev–Trinajstić information content (AvgIpc) is 2.97. The van der Waals surface area contributed by atoms with Gasteiger partial charge in [-0.15, -0.1) is 0 Å². The summed E-state index contributed by atoms with van der Waals surface area (Å²) >= 11 is 0. The standard InChI is InChI=1S/C15H19NO2/c1-18-12-5-6-13-11(9-16-14(13)8-12)7-10-3-2-4-15(10)17/h5-6,8-10,15-17H,2-4,7H2,1H3. The molecule has 1 fully saturated rings. The SMILES string of the molecule is COc1ccc2c(CC3CCCC3O)c[nH]c2c1. The van der Waals surface area contributed by atoms with E-state index >= 15 is 0 Å². The molecule has 0 radical (unpaired) electrons. The van der Waals surface area contributed by atoms with Gasteiger partial charge in [0.05, 0.1) is 13.2 Å². The van der Waals surface area contributed by atoms with Crippen LogP contribution in [0.25, 0.3) is 10.9 Å². The monoisotopic (exact) mass is 245 g/mol. The summed E-state index contributed by atoms with van der Waals surface area (Å²) in [6.45, 7) is 0. The first-order valence-electron chi connectivity index (χ1n) is 6.60. The van der Waals surface area contributed by atoms with Crippen molar-refractivity contribution in [1.29, 1.82) is 0 Å². The van der Waals surface area contributed by atoms with Gasteiger partial charge >= 0.3 is 0 Å². The van der Waals surface area contributed by atoms with Gasteiger partial charge in [-0.3, -0.25) is 0 Å². The number of nitrogens with one attached hydrogen (secondary N) is 1. The highest BCUT2D eigenvalue weighted by molar-refractivity contribution is 5.84. The quantitative estimate of drug-likeness (QED) is 0.873. The van der Waals surface area contributed by atoms with Gasteiger partial charge in [-0.05, 0) is 42.9 Å². The Balaban J connectivity index is 1.88. The fraction of sp³-hybridized carbons (Fsp3) is 0.467. The first-order chi connectivity index (χ1) is 8.78. The molecule has 3 heteroatoms. The Labute approximate surface area is 107 Å². The zero-order valence-corrected chi connectivity index (χ0v) is 10.6. The van der Waals surface area contributed by atoms with E-state index in [1.54, 1.807) is 7.11 Å². The van der Waals surface area contributed by atoms with Gasteiger partial charge < -0.3 is 14.8 Å². The van der Waals surface area contributed by atoms with Gasteiger partial charge in [0.1, 0.15) is 5.75 Å². The van der Waals surface area contributed by atoms with Crippen molar-refractivity contribution in [3.8, 4) is 5.75 Å². The number of hydrogen-bond acceptors (Lipinski definition) is 2. The molecule has 18 heavy (non-hydrogen) atoms. The topological polar surface area (TPSA) is 45.2 Å². The van der Waals surface area contributed by atoms with Gasteiger partial charge in [-0.2, -0.15) is 0 Å². The molecule has 2 unspecified atom stereocenters. The van der Waals surface area contributed by atoms with Crippen LogP contribution >= 0.6 is 0 Å². The lowest BCUT2D eigenvalue weighted by Crippen LogP contribution is -2.15. The maximum Gasteiger partial charge on any atom is 0.120 e. The largest absolute Gasteiger partial charge is 0.497 e. The lowest BCUT2D eigenvalue weighted by atomic mass is 9.96. The summed E-state index contributed by atoms with van der Waals surface area (Å²) in [6.07, 6.45) is 6.17. The molecule has 2 aromatic rings. The predicted molar refractivity (Wildman–Crippen MR) is 71.9 cm³/mol. The van der Waals surface area contributed by atoms with Gasteiger partial charge in [0.25, 0.3) is 0 Å². The first-order valence-corrected chi connectivity index (χ1v) is 6.60. The minimum Gasteiger partial charge on any atom is -0.497 e. The molecule has 1 saturated carbocycles. The predicted octanol–water partition coefficient (Wildman–Crippen LogP) is 2.88. The highest BCUT2D eigenvalue weighted by Crippen LogP contribution is 2.31. The summed E-state index contributed by atoms with van der Waals surface area (Å²) in [4.78, 5) is 3.29. The zero-order valence-electron chi connectivity index (χ0n) is 10.6. The molecule has 1 aromatic heterocycles. The van der Waals surface area contributed by atoms with Crippen molar-refractivity contribution >= 4 is 10.9 Å². The van der Waals surface area contributed by atoms with Crippen molar-refractivity contribution in [2.75, 3.05) is 7.11 Å². The fourth-order valence-electron chi connectivity index (χ4n) is 3.00. The number of hydrogen-bond donors (Lipinski definition) is 2. The normalized spacial score (nSPS) is 23.7. The fourth-order valence-corrected chi connectivity index (χ4v) is 3.00. The van der Waals surface area contributed by atoms with Crippen molar-refractivity contribution in [3.05, 3.63) is 30.0 Å². The van der Waals surface area contributed by atoms with Crippen LogP contribution in [0.2, 0.25) is 0 Å². The molecular formula is C15H19NO2. The number of rotatable bonds is 3. The van der Waals surface area contributed by atoms with Crippen LogP contribution in [0.4, 0.5) is 0 Å². The number of ether oxygens (including phenoxy) is 1. The molecule has 3 rings (SSSR count). The molecule has 1 aliphatic rings. The van der Waals surface area contributed by atoms with E-state index in [1.807, 2.05) is 12.1 Å². The lowest BCUT2D eigenvalue weighted by molar-refractivity contribution is 0.133. The van der Waals surface area contributed by atoms with Crippen LogP contribution in [-0.2, 0) is 6.42 Å². The Morgan fingerprint density at radius 3 is 3.00 bits per heavy atom. The lowest BCUT2D eigenvalue weighted by Gasteiger charge is -2.13. The van der Waals surface area contributed by atoms with E-state index in [4.69, 9.17) is 4.74 Å². The van der Waals surface area contributed by atoms with Crippen LogP contribution in [0.5, 0.6) is 5.75 Å². The van der Waals surface area contributed by atoms with Crippen LogP contribution in [0.3, 0.4) is 0 Å². The second-order valence-corrected chi connectivity index (χ2v) is 5.19. The molecular weight excluding hydrogens is 226 g/mol. The smallest absolute Gasteiger partial charge is 0.120 e. The van der Waals surface area contributed by atoms with Crippen molar-refractivity contribution in [2.24, 2.45) is 5.92 Å². The van der Waals surface area contributed by atoms with Crippen molar-refractivity contribution in [2.45, 2.75) is 31.8 Å². The summed E-state index contributed by atoms with van der Waals surface area (Å²) in [5.74, 6) is 1.29. The van der Waals surface area contributed by atoms with E-state index in [0.29, 0.717) is 5.92 Å². The van der Waals surface area contributed by atoms with Crippen LogP contribution in [-0.4, -0.2) is 23.3 Å². The average molecular weight is 245 g/mol. The van der Waals surface area contributed by atoms with Crippen LogP contribution in [0.1, 0.15) is 24.8 Å². The number of H-pyrrole nitrogens is 1. The second-order valence-electron chi connectivity index (χ2n) is 5.19. The summed E-state index contributed by atoms with van der Waals surface area (Å²) in [5, 5.41) is 11.2. The van der Waals surface area contributed by atoms with Crippen LogP contribution < -0.4 is 4.74 Å². The third-order valence-electron chi connectivity index (χ3n) is 4.08. The minimum absolute atomic E-state index is 0.117. The summed E-state index contributed by atoms with van der Waals surface area (Å²) in [6, 6.07) is 6.11. The molecule has 2 N–H and O–H groups in total. The Kier molecular flexibility index (Phi) is 3.00. The Morgan fingerprint density at radius 1 is 1.39 bits per heavy atom. The van der Waals surface area contributed by atoms with E-state index in [1.165, 1.54) is 10.9 Å². The number of fused-ring (bicyclic) bond motifs is 1. The number of aliphatic hydroxyl groups excluding tert-OH is 1. The summed E-state index contributed by atoms with van der Waals surface area (Å²) in [7, 11) is 1.68. The van der Waals surface area contributed by atoms with E-state index in [2.05, 4.69) is 17.2 Å². The highest BCUT2D eigenvalue weighted by atomic mass is 16.5. The zero-order chi connectivity index (χ0) is 12.5. The molecule has 3 nitrogen and oxygen atoms in total. The first kappa shape index (κ1) is 11.6. The number of aromatic nitrogens is 1. The summed E-state index contributed by atoms with van der Waals surface area (Å²) in [5.41, 5.74) is 2.41. The molecule has 1 heterocycles. The maximum atomic E-state index is 9.91. The van der Waals surface area contributed by atoms with Crippen molar-refractivity contribution < 1.29 is 9.84 Å². The van der Waals surface area contributed by atoms with Crippen molar-refractivity contribution in [3.63, 3.8) is 0 Å². The Morgan fingerprint density at radius 2 is 2.28 bits per heavy atom. The van der Waals surface area contributed by atoms with Crippen LogP contribution in [0.15, 0.2) is 24.4 Å². The highest BCUT2D eigenvalue weighted by Gasteiger charge is 2.25. The van der Waals surface area contributed by atoms with Gasteiger partial charge in [0, 0.05) is 23.2 Å². The Hall–Kier alpha value is -1.48. The van der Waals surface area contributed by atoms with E-state index in [9.17, 15) is 5.11 Å². The molecule has 0 amide bonds. The Bertz CT molecular complexity index is 546. The van der Waals surface area contributed by atoms with Gasteiger partial charge in [-0.25, -0.2) is 0 Å². The van der Waals surface area contributed by atoms with Gasteiger partial charge in [0.2, 0.25) is 0 Å². The maximum absolute atomic E-state index is 9.91. The molecule has 0 aliphatic heterocycles. The van der Waals surface area contributed by atoms with E-state index in [0.717, 1.165) is 36.9 Å². The van der Waals surface area contributed by atoms with E-state index in [-0.39, 0.29) is 6.10 Å². The number of aromatic amines is 1. The van der Waals surface area contributed by atoms with Crippen molar-refractivity contribution in [1.82, 2.24) is 4.98 Å². The number of benzene rings is 1. The molecule has 2 atom stereocenters. The number of aliphatic hydroxyl groups is 1. The molecule has 0 spiro atoms. The van der Waals surface area contributed by atoms with E-state index < -0.39 is 0 Å². The minimum atomic E-state index is -0.117. The van der Waals surface area contributed by atoms with Gasteiger partial charge in [0.15, 0.2) is 0 Å². The molecule has 96 valence electrons. The van der Waals surface area contributed by atoms with Crippen LogP contribution in [0, 0.1) is 5.92 Å². The molecule has 1 aliphatic carbocycles. The third kappa shape index (κ3) is 1.99. The second kappa shape index (κ2) is 4.65.